The van der Waals surface area contributed by atoms with Crippen LogP contribution in [0.1, 0.15) is 16.9 Å². The molecule has 18 heavy (non-hydrogen) atoms. The zero-order chi connectivity index (χ0) is 13.8. The van der Waals surface area contributed by atoms with Crippen molar-refractivity contribution in [2.75, 3.05) is 12.0 Å². The van der Waals surface area contributed by atoms with Gasteiger partial charge in [0.05, 0.1) is 5.75 Å². The molecule has 0 fully saturated rings. The highest BCUT2D eigenvalue weighted by atomic mass is 32.2. The van der Waals surface area contributed by atoms with Crippen molar-refractivity contribution in [2.24, 2.45) is 0 Å². The average molecular weight is 293 g/mol. The molecule has 0 saturated carbocycles. The summed E-state index contributed by atoms with van der Waals surface area (Å²) in [5.41, 5.74) is 0.00519. The molecule has 0 aliphatic heterocycles. The minimum absolute atomic E-state index is 0.00519. The molecule has 0 bridgehead atoms. The first-order chi connectivity index (χ1) is 8.29. The molecule has 1 aromatic rings. The summed E-state index contributed by atoms with van der Waals surface area (Å²) in [5.74, 6) is -2.31. The molecule has 0 aliphatic carbocycles. The SMILES string of the molecule is CS(=O)(=O)CCC(NC(=O)c1csnn1)C(=O)O. The molecule has 10 heteroatoms. The predicted octanol–water partition coefficient (Wildman–Crippen LogP) is -0.844. The Morgan fingerprint density at radius 2 is 2.22 bits per heavy atom. The minimum atomic E-state index is -3.28. The summed E-state index contributed by atoms with van der Waals surface area (Å²) < 4.78 is 25.4. The first-order valence-electron chi connectivity index (χ1n) is 4.78. The van der Waals surface area contributed by atoms with E-state index in [1.54, 1.807) is 0 Å². The summed E-state index contributed by atoms with van der Waals surface area (Å²) >= 11 is 0.956. The van der Waals surface area contributed by atoms with Crippen LogP contribution in [-0.4, -0.2) is 53.0 Å². The third kappa shape index (κ3) is 4.75. The number of aromatic nitrogens is 2. The van der Waals surface area contributed by atoms with Crippen LogP contribution in [0.15, 0.2) is 5.38 Å². The molecule has 0 aromatic carbocycles. The van der Waals surface area contributed by atoms with Gasteiger partial charge < -0.3 is 10.4 Å². The van der Waals surface area contributed by atoms with E-state index < -0.39 is 27.8 Å². The summed E-state index contributed by atoms with van der Waals surface area (Å²) in [7, 11) is -3.28. The van der Waals surface area contributed by atoms with Gasteiger partial charge in [0.1, 0.15) is 15.9 Å². The van der Waals surface area contributed by atoms with Gasteiger partial charge >= 0.3 is 5.97 Å². The molecule has 1 rings (SSSR count). The van der Waals surface area contributed by atoms with Gasteiger partial charge in [0.15, 0.2) is 5.69 Å². The Bertz CT molecular complexity index is 525. The molecule has 8 nitrogen and oxygen atoms in total. The maximum atomic E-state index is 11.5. The lowest BCUT2D eigenvalue weighted by atomic mass is 10.2. The number of carbonyl (C=O) groups is 2. The van der Waals surface area contributed by atoms with Crippen molar-refractivity contribution >= 4 is 33.2 Å². The molecule has 0 saturated heterocycles. The second-order valence-corrected chi connectivity index (χ2v) is 6.44. The smallest absolute Gasteiger partial charge is 0.326 e. The molecule has 1 atom stereocenters. The van der Waals surface area contributed by atoms with Gasteiger partial charge in [-0.15, -0.1) is 5.10 Å². The van der Waals surface area contributed by atoms with Gasteiger partial charge in [-0.2, -0.15) is 0 Å². The van der Waals surface area contributed by atoms with Crippen LogP contribution in [0.3, 0.4) is 0 Å². The number of hydrogen-bond acceptors (Lipinski definition) is 7. The molecule has 1 heterocycles. The molecule has 1 unspecified atom stereocenters. The van der Waals surface area contributed by atoms with Gasteiger partial charge in [0.25, 0.3) is 5.91 Å². The number of hydrogen-bond donors (Lipinski definition) is 2. The van der Waals surface area contributed by atoms with E-state index in [-0.39, 0.29) is 17.9 Å². The number of carboxylic acids is 1. The lowest BCUT2D eigenvalue weighted by Gasteiger charge is -2.12. The third-order valence-corrected chi connectivity index (χ3v) is 3.46. The van der Waals surface area contributed by atoms with Crippen molar-refractivity contribution in [3.05, 3.63) is 11.1 Å². The summed E-state index contributed by atoms with van der Waals surface area (Å²) in [6.45, 7) is 0. The number of carboxylic acid groups (broad SMARTS) is 1. The molecule has 0 aliphatic rings. The number of nitrogens with zero attached hydrogens (tertiary/aromatic N) is 2. The molecule has 100 valence electrons. The normalized spacial score (nSPS) is 12.9. The average Bonchev–Trinajstić information content (AvgIpc) is 2.75. The van der Waals surface area contributed by atoms with E-state index in [9.17, 15) is 18.0 Å². The second-order valence-electron chi connectivity index (χ2n) is 3.57. The van der Waals surface area contributed by atoms with E-state index in [0.717, 1.165) is 17.8 Å². The molecule has 1 aromatic heterocycles. The fraction of sp³-hybridized carbons (Fsp3) is 0.500. The Kier molecular flexibility index (Phi) is 4.73. The number of nitrogens with one attached hydrogen (secondary N) is 1. The van der Waals surface area contributed by atoms with Crippen molar-refractivity contribution in [3.8, 4) is 0 Å². The quantitative estimate of drug-likeness (QED) is 0.699. The zero-order valence-electron chi connectivity index (χ0n) is 9.36. The van der Waals surface area contributed by atoms with Crippen LogP contribution >= 0.6 is 11.5 Å². The molecular weight excluding hydrogens is 282 g/mol. The van der Waals surface area contributed by atoms with E-state index in [1.807, 2.05) is 0 Å². The van der Waals surface area contributed by atoms with Crippen LogP contribution in [0.4, 0.5) is 0 Å². The standard InChI is InChI=1S/C8H11N3O5S2/c1-18(15,16)3-2-5(8(13)14)9-7(12)6-4-17-11-10-6/h4-5H,2-3H2,1H3,(H,9,12)(H,13,14). The number of sulfone groups is 1. The van der Waals surface area contributed by atoms with E-state index in [0.29, 0.717) is 0 Å². The maximum Gasteiger partial charge on any atom is 0.326 e. The fourth-order valence-corrected chi connectivity index (χ4v) is 2.19. The Morgan fingerprint density at radius 3 is 2.67 bits per heavy atom. The van der Waals surface area contributed by atoms with Crippen molar-refractivity contribution < 1.29 is 23.1 Å². The van der Waals surface area contributed by atoms with Crippen LogP contribution in [0, 0.1) is 0 Å². The lowest BCUT2D eigenvalue weighted by Crippen LogP contribution is -2.42. The Balaban J connectivity index is 2.64. The van der Waals surface area contributed by atoms with Crippen molar-refractivity contribution in [2.45, 2.75) is 12.5 Å². The summed E-state index contributed by atoms with van der Waals surface area (Å²) in [5, 5.41) is 15.9. The number of rotatable bonds is 6. The first-order valence-corrected chi connectivity index (χ1v) is 7.68. The van der Waals surface area contributed by atoms with Gasteiger partial charge in [0.2, 0.25) is 0 Å². The van der Waals surface area contributed by atoms with Crippen LogP contribution in [0.25, 0.3) is 0 Å². The van der Waals surface area contributed by atoms with Crippen LogP contribution in [0.5, 0.6) is 0 Å². The van der Waals surface area contributed by atoms with Crippen molar-refractivity contribution in [1.82, 2.24) is 14.9 Å². The van der Waals surface area contributed by atoms with Crippen LogP contribution < -0.4 is 5.32 Å². The Hall–Kier alpha value is -1.55. The zero-order valence-corrected chi connectivity index (χ0v) is 11.0. The van der Waals surface area contributed by atoms with E-state index in [2.05, 4.69) is 14.9 Å². The number of aliphatic carboxylic acids is 1. The van der Waals surface area contributed by atoms with Crippen molar-refractivity contribution in [3.63, 3.8) is 0 Å². The van der Waals surface area contributed by atoms with E-state index in [1.165, 1.54) is 5.38 Å². The third-order valence-electron chi connectivity index (χ3n) is 1.97. The molecular formula is C8H11N3O5S2. The van der Waals surface area contributed by atoms with Crippen molar-refractivity contribution in [1.29, 1.82) is 0 Å². The highest BCUT2D eigenvalue weighted by Crippen LogP contribution is 2.01. The van der Waals surface area contributed by atoms with Crippen LogP contribution in [0.2, 0.25) is 0 Å². The van der Waals surface area contributed by atoms with Gasteiger partial charge in [-0.3, -0.25) is 4.79 Å². The molecule has 1 amide bonds. The van der Waals surface area contributed by atoms with Gasteiger partial charge in [0, 0.05) is 11.6 Å². The Morgan fingerprint density at radius 1 is 1.56 bits per heavy atom. The topological polar surface area (TPSA) is 126 Å². The van der Waals surface area contributed by atoms with Crippen LogP contribution in [-0.2, 0) is 14.6 Å². The Labute approximate surface area is 107 Å². The molecule has 2 N–H and O–H groups in total. The summed E-state index contributed by atoms with van der Waals surface area (Å²) in [6, 6.07) is -1.27. The van der Waals surface area contributed by atoms with E-state index in [4.69, 9.17) is 5.11 Å². The fourth-order valence-electron chi connectivity index (χ4n) is 1.09. The number of amides is 1. The minimum Gasteiger partial charge on any atom is -0.480 e. The van der Waals surface area contributed by atoms with Gasteiger partial charge in [-0.05, 0) is 18.0 Å². The highest BCUT2D eigenvalue weighted by Gasteiger charge is 2.23. The number of carbonyl (C=O) groups excluding carboxylic acids is 1. The summed E-state index contributed by atoms with van der Waals surface area (Å²) in [6.07, 6.45) is 0.801. The molecule has 0 spiro atoms. The monoisotopic (exact) mass is 293 g/mol. The van der Waals surface area contributed by atoms with Gasteiger partial charge in [-0.1, -0.05) is 4.49 Å². The van der Waals surface area contributed by atoms with Gasteiger partial charge in [-0.25, -0.2) is 13.2 Å². The highest BCUT2D eigenvalue weighted by molar-refractivity contribution is 7.90. The molecule has 0 radical (unpaired) electrons. The lowest BCUT2D eigenvalue weighted by molar-refractivity contribution is -0.139. The van der Waals surface area contributed by atoms with E-state index >= 15 is 0 Å². The first kappa shape index (κ1) is 14.5. The summed E-state index contributed by atoms with van der Waals surface area (Å²) in [4.78, 5) is 22.4. The predicted molar refractivity (Wildman–Crippen MR) is 63.1 cm³/mol. The second kappa shape index (κ2) is 5.87. The largest absolute Gasteiger partial charge is 0.480 e. The maximum absolute atomic E-state index is 11.5.